The van der Waals surface area contributed by atoms with E-state index in [0.29, 0.717) is 40.8 Å². The summed E-state index contributed by atoms with van der Waals surface area (Å²) in [6.45, 7) is 3.75. The van der Waals surface area contributed by atoms with Gasteiger partial charge in [0.15, 0.2) is 5.82 Å². The number of nitrogen functional groups attached to an aromatic ring is 1. The number of rotatable bonds is 7. The second-order valence-corrected chi connectivity index (χ2v) is 8.22. The van der Waals surface area contributed by atoms with Gasteiger partial charge in [0, 0.05) is 5.56 Å². The standard InChI is InChI=1S/C25H23FN10O/c1-3-18(29-22-16(14(2)28-25(27)31-22)12-13-20-32-34-35-33-20)23-30-19-11-7-10-17(26)21(19)24(37)36(23)15-8-5-4-6-9-15/h4-13,18H,3H2,1-2H3,(H3,27,28,29,31)(H,32,33,34,35). The molecule has 0 radical (unpaired) electrons. The van der Waals surface area contributed by atoms with E-state index in [2.05, 4.69) is 35.9 Å². The van der Waals surface area contributed by atoms with Crippen molar-refractivity contribution in [2.75, 3.05) is 11.1 Å². The van der Waals surface area contributed by atoms with Crippen molar-refractivity contribution in [3.05, 3.63) is 87.6 Å². The topological polar surface area (TPSA) is 153 Å². The first kappa shape index (κ1) is 23.7. The molecule has 0 spiro atoms. The highest BCUT2D eigenvalue weighted by atomic mass is 19.1. The summed E-state index contributed by atoms with van der Waals surface area (Å²) in [5.41, 5.74) is 7.58. The van der Waals surface area contributed by atoms with E-state index in [4.69, 9.17) is 10.7 Å². The molecule has 3 aromatic heterocycles. The zero-order valence-electron chi connectivity index (χ0n) is 20.1. The van der Waals surface area contributed by atoms with Gasteiger partial charge in [0.25, 0.3) is 5.56 Å². The molecule has 4 N–H and O–H groups in total. The monoisotopic (exact) mass is 498 g/mol. The average Bonchev–Trinajstić information content (AvgIpc) is 3.40. The quantitative estimate of drug-likeness (QED) is 0.306. The van der Waals surface area contributed by atoms with Crippen LogP contribution in [0.1, 0.15) is 42.3 Å². The molecule has 0 aliphatic carbocycles. The first-order valence-electron chi connectivity index (χ1n) is 11.5. The number of hydrogen-bond donors (Lipinski definition) is 3. The predicted octanol–water partition coefficient (Wildman–Crippen LogP) is 3.45. The molecular weight excluding hydrogens is 475 g/mol. The summed E-state index contributed by atoms with van der Waals surface area (Å²) in [5, 5.41) is 17.1. The van der Waals surface area contributed by atoms with Gasteiger partial charge in [-0.15, -0.1) is 10.2 Å². The molecule has 2 aromatic carbocycles. The van der Waals surface area contributed by atoms with E-state index in [1.807, 2.05) is 13.0 Å². The van der Waals surface area contributed by atoms with Crippen LogP contribution >= 0.6 is 0 Å². The molecule has 1 atom stereocenters. The molecule has 37 heavy (non-hydrogen) atoms. The Morgan fingerprint density at radius 1 is 1.11 bits per heavy atom. The Kier molecular flexibility index (Phi) is 6.37. The molecule has 5 aromatic rings. The molecule has 0 bridgehead atoms. The van der Waals surface area contributed by atoms with E-state index in [1.165, 1.54) is 16.7 Å². The summed E-state index contributed by atoms with van der Waals surface area (Å²) in [6.07, 6.45) is 3.94. The minimum absolute atomic E-state index is 0.0733. The zero-order valence-corrected chi connectivity index (χ0v) is 20.1. The summed E-state index contributed by atoms with van der Waals surface area (Å²) in [6, 6.07) is 12.9. The predicted molar refractivity (Wildman–Crippen MR) is 138 cm³/mol. The summed E-state index contributed by atoms with van der Waals surface area (Å²) in [7, 11) is 0. The molecule has 0 amide bonds. The van der Waals surface area contributed by atoms with E-state index in [9.17, 15) is 9.18 Å². The van der Waals surface area contributed by atoms with Crippen molar-refractivity contribution in [2.45, 2.75) is 26.3 Å². The Morgan fingerprint density at radius 2 is 1.92 bits per heavy atom. The molecule has 0 aliphatic heterocycles. The number of aryl methyl sites for hydroxylation is 1. The van der Waals surface area contributed by atoms with Gasteiger partial charge in [-0.3, -0.25) is 9.36 Å². The number of nitrogens with one attached hydrogen (secondary N) is 2. The van der Waals surface area contributed by atoms with Crippen molar-refractivity contribution in [1.29, 1.82) is 0 Å². The number of nitrogens with zero attached hydrogens (tertiary/aromatic N) is 7. The molecule has 186 valence electrons. The summed E-state index contributed by atoms with van der Waals surface area (Å²) in [4.78, 5) is 27.0. The van der Waals surface area contributed by atoms with Crippen molar-refractivity contribution >= 4 is 34.8 Å². The van der Waals surface area contributed by atoms with Crippen molar-refractivity contribution in [3.8, 4) is 5.69 Å². The Labute approximate surface area is 210 Å². The van der Waals surface area contributed by atoms with Gasteiger partial charge in [-0.2, -0.15) is 10.2 Å². The van der Waals surface area contributed by atoms with Crippen LogP contribution in [0, 0.1) is 12.7 Å². The maximum atomic E-state index is 14.7. The van der Waals surface area contributed by atoms with E-state index >= 15 is 0 Å². The minimum atomic E-state index is -0.625. The van der Waals surface area contributed by atoms with E-state index in [0.717, 1.165) is 0 Å². The van der Waals surface area contributed by atoms with Crippen LogP contribution in [0.2, 0.25) is 0 Å². The molecule has 0 saturated heterocycles. The lowest BCUT2D eigenvalue weighted by Gasteiger charge is -2.23. The highest BCUT2D eigenvalue weighted by Gasteiger charge is 2.23. The fraction of sp³-hybridized carbons (Fsp3) is 0.160. The highest BCUT2D eigenvalue weighted by Crippen LogP contribution is 2.28. The van der Waals surface area contributed by atoms with Crippen LogP contribution in [0.25, 0.3) is 28.7 Å². The third-order valence-corrected chi connectivity index (χ3v) is 5.83. The number of anilines is 2. The summed E-state index contributed by atoms with van der Waals surface area (Å²) < 4.78 is 16.2. The number of nitrogens with two attached hydrogens (primary N) is 1. The zero-order chi connectivity index (χ0) is 25.9. The van der Waals surface area contributed by atoms with Gasteiger partial charge in [0.1, 0.15) is 22.8 Å². The van der Waals surface area contributed by atoms with Gasteiger partial charge < -0.3 is 11.1 Å². The molecule has 3 heterocycles. The number of aromatic amines is 1. The maximum absolute atomic E-state index is 14.7. The Hall–Kier alpha value is -5.00. The van der Waals surface area contributed by atoms with Crippen LogP contribution in [-0.2, 0) is 0 Å². The fourth-order valence-corrected chi connectivity index (χ4v) is 4.09. The van der Waals surface area contributed by atoms with Crippen LogP contribution in [0.4, 0.5) is 16.2 Å². The number of para-hydroxylation sites is 1. The second kappa shape index (κ2) is 9.93. The van der Waals surface area contributed by atoms with Gasteiger partial charge in [0.05, 0.1) is 22.9 Å². The third-order valence-electron chi connectivity index (χ3n) is 5.83. The Balaban J connectivity index is 1.67. The number of H-pyrrole nitrogens is 1. The Bertz CT molecular complexity index is 1650. The van der Waals surface area contributed by atoms with Gasteiger partial charge in [-0.25, -0.2) is 14.4 Å². The average molecular weight is 499 g/mol. The van der Waals surface area contributed by atoms with Crippen molar-refractivity contribution in [3.63, 3.8) is 0 Å². The summed E-state index contributed by atoms with van der Waals surface area (Å²) in [5.74, 6) is 0.677. The number of fused-ring (bicyclic) bond motifs is 1. The highest BCUT2D eigenvalue weighted by molar-refractivity contribution is 5.79. The third kappa shape index (κ3) is 4.63. The van der Waals surface area contributed by atoms with Gasteiger partial charge in [-0.1, -0.05) is 31.2 Å². The number of aromatic nitrogens is 8. The normalized spacial score (nSPS) is 12.3. The minimum Gasteiger partial charge on any atom is -0.368 e. The number of benzene rings is 2. The number of hydrogen-bond acceptors (Lipinski definition) is 9. The SMILES string of the molecule is CCC(Nc1nc(N)nc(C)c1C=Cc1nn[nH]n1)c1nc2cccc(F)c2c(=O)n1-c1ccccc1. The van der Waals surface area contributed by atoms with Crippen LogP contribution in [0.15, 0.2) is 53.3 Å². The molecule has 12 heteroatoms. The first-order valence-corrected chi connectivity index (χ1v) is 11.5. The first-order chi connectivity index (χ1) is 18.0. The van der Waals surface area contributed by atoms with E-state index in [-0.39, 0.29) is 16.9 Å². The van der Waals surface area contributed by atoms with E-state index in [1.54, 1.807) is 49.4 Å². The number of halogens is 1. The van der Waals surface area contributed by atoms with Crippen LogP contribution in [-0.4, -0.2) is 40.1 Å². The molecule has 5 rings (SSSR count). The van der Waals surface area contributed by atoms with Gasteiger partial charge in [-0.05, 0) is 55.0 Å². The van der Waals surface area contributed by atoms with Crippen molar-refractivity contribution < 1.29 is 4.39 Å². The second-order valence-electron chi connectivity index (χ2n) is 8.22. The van der Waals surface area contributed by atoms with Crippen LogP contribution < -0.4 is 16.6 Å². The fourth-order valence-electron chi connectivity index (χ4n) is 4.09. The van der Waals surface area contributed by atoms with Crippen LogP contribution in [0.3, 0.4) is 0 Å². The van der Waals surface area contributed by atoms with Gasteiger partial charge in [0.2, 0.25) is 5.95 Å². The lowest BCUT2D eigenvalue weighted by molar-refractivity contribution is 0.630. The molecular formula is C25H23FN10O. The molecule has 0 fully saturated rings. The van der Waals surface area contributed by atoms with Crippen molar-refractivity contribution in [1.82, 2.24) is 40.1 Å². The molecule has 0 saturated carbocycles. The molecule has 1 unspecified atom stereocenters. The number of tetrazole rings is 1. The molecule has 11 nitrogen and oxygen atoms in total. The largest absolute Gasteiger partial charge is 0.368 e. The lowest BCUT2D eigenvalue weighted by Crippen LogP contribution is -2.29. The summed E-state index contributed by atoms with van der Waals surface area (Å²) >= 11 is 0. The van der Waals surface area contributed by atoms with Crippen molar-refractivity contribution in [2.24, 2.45) is 0 Å². The lowest BCUT2D eigenvalue weighted by atomic mass is 10.1. The van der Waals surface area contributed by atoms with Gasteiger partial charge >= 0.3 is 0 Å². The van der Waals surface area contributed by atoms with E-state index < -0.39 is 17.4 Å². The van der Waals surface area contributed by atoms with Crippen LogP contribution in [0.5, 0.6) is 0 Å². The Morgan fingerprint density at radius 3 is 2.65 bits per heavy atom. The molecule has 0 aliphatic rings. The maximum Gasteiger partial charge on any atom is 0.269 e. The smallest absolute Gasteiger partial charge is 0.269 e.